The molecule has 66 valence electrons. The van der Waals surface area contributed by atoms with Gasteiger partial charge in [-0.3, -0.25) is 10.1 Å². The van der Waals surface area contributed by atoms with Crippen LogP contribution < -0.4 is 56.7 Å². The Hall–Kier alpha value is -0.204. The number of amides is 2. The molecule has 1 N–H and O–H groups in total. The summed E-state index contributed by atoms with van der Waals surface area (Å²) in [5.74, 6) is -0.406. The number of cyclic esters (lactones) is 1. The number of alkyl carbamates (subject to hydrolysis) is 1. The van der Waals surface area contributed by atoms with Gasteiger partial charge in [0.2, 0.25) is 6.10 Å². The van der Waals surface area contributed by atoms with E-state index in [0.29, 0.717) is 5.56 Å². The van der Waals surface area contributed by atoms with E-state index in [1.165, 1.54) is 0 Å². The molecule has 1 unspecified atom stereocenters. The van der Waals surface area contributed by atoms with Crippen molar-refractivity contribution in [1.29, 1.82) is 0 Å². The fourth-order valence-electron chi connectivity index (χ4n) is 1.20. The molecule has 1 saturated heterocycles. The monoisotopic (exact) mass is 216 g/mol. The van der Waals surface area contributed by atoms with Gasteiger partial charge in [-0.1, -0.05) is 30.3 Å². The van der Waals surface area contributed by atoms with E-state index in [-0.39, 0.29) is 51.4 Å². The largest absolute Gasteiger partial charge is 1.00 e. The molecule has 0 saturated carbocycles. The number of carbonyl (C=O) groups is 2. The van der Waals surface area contributed by atoms with Gasteiger partial charge in [0, 0.05) is 5.56 Å². The Kier molecular flexibility index (Phi) is 4.27. The number of nitrogens with one attached hydrogen (secondary N) is 1. The topological polar surface area (TPSA) is 55.4 Å². The Balaban J connectivity index is 0.000000980. The van der Waals surface area contributed by atoms with Crippen LogP contribution in [0.25, 0.3) is 0 Å². The zero-order valence-electron chi connectivity index (χ0n) is 7.69. The van der Waals surface area contributed by atoms with Crippen molar-refractivity contribution in [3.63, 3.8) is 0 Å². The average molecular weight is 216 g/mol. The molecule has 1 atom stereocenters. The first-order chi connectivity index (χ1) is 6.27. The van der Waals surface area contributed by atoms with E-state index in [2.05, 4.69) is 5.32 Å². The number of carbonyl (C=O) groups excluding carboxylic acids is 2. The van der Waals surface area contributed by atoms with Gasteiger partial charge in [0.1, 0.15) is 0 Å². The third kappa shape index (κ3) is 2.43. The van der Waals surface area contributed by atoms with E-state index < -0.39 is 18.1 Å². The molecule has 0 bridgehead atoms. The predicted octanol–water partition coefficient (Wildman–Crippen LogP) is -2.00. The van der Waals surface area contributed by atoms with Crippen LogP contribution in [0, 0.1) is 0 Å². The first-order valence-corrected chi connectivity index (χ1v) is 3.84. The smallest absolute Gasteiger partial charge is 0.431 e. The number of rotatable bonds is 1. The molecule has 1 heterocycles. The molecule has 2 rings (SSSR count). The number of hydrogen-bond donors (Lipinski definition) is 1. The van der Waals surface area contributed by atoms with E-state index in [1.54, 1.807) is 24.3 Å². The van der Waals surface area contributed by atoms with Crippen molar-refractivity contribution in [2.45, 2.75) is 6.10 Å². The van der Waals surface area contributed by atoms with Crippen LogP contribution in [0.4, 0.5) is 4.79 Å². The van der Waals surface area contributed by atoms with Gasteiger partial charge < -0.3 is 4.74 Å². The van der Waals surface area contributed by atoms with Crippen LogP contribution in [0.5, 0.6) is 0 Å². The van der Waals surface area contributed by atoms with Gasteiger partial charge in [-0.2, -0.15) is 0 Å². The summed E-state index contributed by atoms with van der Waals surface area (Å²) < 4.78 is 4.76. The number of hydrogen-bond acceptors (Lipinski definition) is 3. The van der Waals surface area contributed by atoms with Gasteiger partial charge in [-0.05, 0) is 0 Å². The predicted molar refractivity (Wildman–Crippen MR) is 43.8 cm³/mol. The molecule has 4 nitrogen and oxygen atoms in total. The first kappa shape index (κ1) is 11.9. The van der Waals surface area contributed by atoms with Crippen LogP contribution in [0.1, 0.15) is 11.7 Å². The molecule has 1 aromatic carbocycles. The zero-order valence-corrected chi connectivity index (χ0v) is 10.8. The summed E-state index contributed by atoms with van der Waals surface area (Å²) >= 11 is 0. The molecule has 0 aromatic heterocycles. The first-order valence-electron chi connectivity index (χ1n) is 3.84. The van der Waals surface area contributed by atoms with E-state index in [9.17, 15) is 9.59 Å². The van der Waals surface area contributed by atoms with Crippen LogP contribution in [0.3, 0.4) is 0 Å². The summed E-state index contributed by atoms with van der Waals surface area (Å²) in [6.07, 6.45) is -1.47. The molecular formula is C9H7KNO3+. The summed E-state index contributed by atoms with van der Waals surface area (Å²) in [7, 11) is 0. The fraction of sp³-hybridized carbons (Fsp3) is 0.111. The SMILES string of the molecule is O=C1NC(=O)C(c2ccccc2)O1.[K+]. The van der Waals surface area contributed by atoms with Gasteiger partial charge in [-0.15, -0.1) is 0 Å². The Morgan fingerprint density at radius 3 is 2.29 bits per heavy atom. The zero-order chi connectivity index (χ0) is 9.26. The van der Waals surface area contributed by atoms with Gasteiger partial charge >= 0.3 is 57.5 Å². The minimum Gasteiger partial charge on any atom is -0.431 e. The average Bonchev–Trinajstić information content (AvgIpc) is 2.47. The maximum Gasteiger partial charge on any atom is 1.00 e. The van der Waals surface area contributed by atoms with Crippen molar-refractivity contribution < 1.29 is 65.7 Å². The van der Waals surface area contributed by atoms with Crippen LogP contribution in [-0.4, -0.2) is 12.0 Å². The molecule has 14 heavy (non-hydrogen) atoms. The standard InChI is InChI=1S/C9H7NO3.K/c11-8-7(13-9(12)10-8)6-4-2-1-3-5-6;/h1-5,7H,(H,10,11,12);/q;+1. The van der Waals surface area contributed by atoms with E-state index in [0.717, 1.165) is 0 Å². The quantitative estimate of drug-likeness (QED) is 0.552. The molecule has 1 aromatic rings. The van der Waals surface area contributed by atoms with Crippen molar-refractivity contribution in [1.82, 2.24) is 5.32 Å². The van der Waals surface area contributed by atoms with Gasteiger partial charge in [-0.25, -0.2) is 4.79 Å². The van der Waals surface area contributed by atoms with Crippen molar-refractivity contribution >= 4 is 12.0 Å². The van der Waals surface area contributed by atoms with E-state index >= 15 is 0 Å². The molecule has 2 amide bonds. The third-order valence-electron chi connectivity index (χ3n) is 1.79. The van der Waals surface area contributed by atoms with Gasteiger partial charge in [0.15, 0.2) is 0 Å². The molecular weight excluding hydrogens is 209 g/mol. The second kappa shape index (κ2) is 5.04. The van der Waals surface area contributed by atoms with Crippen molar-refractivity contribution in [2.75, 3.05) is 0 Å². The van der Waals surface area contributed by atoms with Crippen molar-refractivity contribution in [2.24, 2.45) is 0 Å². The molecule has 0 radical (unpaired) electrons. The second-order valence-electron chi connectivity index (χ2n) is 2.69. The van der Waals surface area contributed by atoms with Crippen molar-refractivity contribution in [3.05, 3.63) is 35.9 Å². The maximum atomic E-state index is 11.1. The number of ether oxygens (including phenoxy) is 1. The maximum absolute atomic E-state index is 11.1. The third-order valence-corrected chi connectivity index (χ3v) is 1.79. The van der Waals surface area contributed by atoms with Crippen LogP contribution in [0.15, 0.2) is 30.3 Å². The number of benzene rings is 1. The minimum atomic E-state index is -0.784. The minimum absolute atomic E-state index is 0. The Morgan fingerprint density at radius 1 is 1.14 bits per heavy atom. The van der Waals surface area contributed by atoms with Crippen LogP contribution in [-0.2, 0) is 9.53 Å². The van der Waals surface area contributed by atoms with E-state index in [4.69, 9.17) is 4.74 Å². The van der Waals surface area contributed by atoms with Crippen LogP contribution in [0.2, 0.25) is 0 Å². The summed E-state index contributed by atoms with van der Waals surface area (Å²) in [5, 5.41) is 2.07. The Labute approximate surface area is 123 Å². The fourth-order valence-corrected chi connectivity index (χ4v) is 1.20. The normalized spacial score (nSPS) is 19.6. The summed E-state index contributed by atoms with van der Waals surface area (Å²) in [4.78, 5) is 21.8. The molecule has 0 aliphatic carbocycles. The van der Waals surface area contributed by atoms with Gasteiger partial charge in [0.05, 0.1) is 0 Å². The summed E-state index contributed by atoms with van der Waals surface area (Å²) in [6, 6.07) is 8.88. The molecule has 0 spiro atoms. The Morgan fingerprint density at radius 2 is 1.79 bits per heavy atom. The molecule has 1 aliphatic rings. The molecule has 1 fully saturated rings. The van der Waals surface area contributed by atoms with Gasteiger partial charge in [0.25, 0.3) is 5.91 Å². The second-order valence-corrected chi connectivity index (χ2v) is 2.69. The Bertz CT molecular complexity index is 352. The summed E-state index contributed by atoms with van der Waals surface area (Å²) in [5.41, 5.74) is 0.686. The van der Waals surface area contributed by atoms with Crippen molar-refractivity contribution in [3.8, 4) is 0 Å². The number of imide groups is 1. The molecule has 5 heteroatoms. The van der Waals surface area contributed by atoms with Crippen LogP contribution >= 0.6 is 0 Å². The van der Waals surface area contributed by atoms with E-state index in [1.807, 2.05) is 6.07 Å². The molecule has 1 aliphatic heterocycles. The summed E-state index contributed by atoms with van der Waals surface area (Å²) in [6.45, 7) is 0.